The summed E-state index contributed by atoms with van der Waals surface area (Å²) in [6.45, 7) is 5.81. The highest BCUT2D eigenvalue weighted by atomic mass is 19.1. The van der Waals surface area contributed by atoms with Gasteiger partial charge in [-0.05, 0) is 38.5 Å². The maximum absolute atomic E-state index is 13.2. The molecular weight excluding hydrogens is 257 g/mol. The Hall–Kier alpha value is -2.17. The van der Waals surface area contributed by atoms with Crippen LogP contribution in [0, 0.1) is 5.82 Å². The van der Waals surface area contributed by atoms with Crippen LogP contribution in [0.5, 0.6) is 5.88 Å². The molecular formula is C15H18FN3O. The van der Waals surface area contributed by atoms with Crippen molar-refractivity contribution in [2.45, 2.75) is 32.9 Å². The van der Waals surface area contributed by atoms with Gasteiger partial charge in [-0.2, -0.15) is 0 Å². The maximum atomic E-state index is 13.2. The van der Waals surface area contributed by atoms with Crippen molar-refractivity contribution in [3.63, 3.8) is 0 Å². The van der Waals surface area contributed by atoms with Crippen molar-refractivity contribution in [2.75, 3.05) is 5.32 Å². The number of halogens is 1. The first kappa shape index (κ1) is 14.2. The number of hydrogen-bond acceptors (Lipinski definition) is 4. The fourth-order valence-electron chi connectivity index (χ4n) is 1.81. The van der Waals surface area contributed by atoms with Gasteiger partial charge in [0.1, 0.15) is 18.0 Å². The zero-order valence-electron chi connectivity index (χ0n) is 11.8. The SMILES string of the molecule is CC(C)Oc1cc(NC(C)c2cccc(F)c2)ncn1. The van der Waals surface area contributed by atoms with Crippen LogP contribution in [0.25, 0.3) is 0 Å². The molecule has 1 heterocycles. The zero-order valence-corrected chi connectivity index (χ0v) is 11.8. The molecule has 4 nitrogen and oxygen atoms in total. The molecule has 0 amide bonds. The minimum absolute atomic E-state index is 0.0541. The highest BCUT2D eigenvalue weighted by Gasteiger charge is 2.08. The van der Waals surface area contributed by atoms with E-state index >= 15 is 0 Å². The smallest absolute Gasteiger partial charge is 0.218 e. The number of aromatic nitrogens is 2. The lowest BCUT2D eigenvalue weighted by Gasteiger charge is -2.16. The Labute approximate surface area is 118 Å². The summed E-state index contributed by atoms with van der Waals surface area (Å²) in [6.07, 6.45) is 1.50. The number of ether oxygens (including phenoxy) is 1. The third-order valence-corrected chi connectivity index (χ3v) is 2.71. The van der Waals surface area contributed by atoms with Crippen LogP contribution < -0.4 is 10.1 Å². The minimum atomic E-state index is -0.248. The Bertz CT molecular complexity index is 575. The Morgan fingerprint density at radius 2 is 1.95 bits per heavy atom. The van der Waals surface area contributed by atoms with Crippen molar-refractivity contribution in [1.82, 2.24) is 9.97 Å². The molecule has 0 saturated heterocycles. The van der Waals surface area contributed by atoms with E-state index in [4.69, 9.17) is 4.74 Å². The standard InChI is InChI=1S/C15H18FN3O/c1-10(2)20-15-8-14(17-9-18-15)19-11(3)12-5-4-6-13(16)7-12/h4-11H,1-3H3,(H,17,18,19). The van der Waals surface area contributed by atoms with Gasteiger partial charge in [0, 0.05) is 6.07 Å². The minimum Gasteiger partial charge on any atom is -0.475 e. The van der Waals surface area contributed by atoms with Crippen molar-refractivity contribution < 1.29 is 9.13 Å². The van der Waals surface area contributed by atoms with E-state index in [0.717, 1.165) is 5.56 Å². The predicted octanol–water partition coefficient (Wildman–Crippen LogP) is 3.58. The summed E-state index contributed by atoms with van der Waals surface area (Å²) in [5, 5.41) is 3.20. The number of anilines is 1. The van der Waals surface area contributed by atoms with E-state index in [0.29, 0.717) is 11.7 Å². The molecule has 0 aliphatic carbocycles. The first-order chi connectivity index (χ1) is 9.54. The van der Waals surface area contributed by atoms with Crippen molar-refractivity contribution >= 4 is 5.82 Å². The molecule has 1 aromatic carbocycles. The summed E-state index contributed by atoms with van der Waals surface area (Å²) in [5.74, 6) is 0.916. The van der Waals surface area contributed by atoms with E-state index < -0.39 is 0 Å². The van der Waals surface area contributed by atoms with Crippen molar-refractivity contribution in [3.8, 4) is 5.88 Å². The van der Waals surface area contributed by atoms with E-state index in [-0.39, 0.29) is 18.0 Å². The molecule has 1 aromatic heterocycles. The lowest BCUT2D eigenvalue weighted by Crippen LogP contribution is -2.10. The summed E-state index contributed by atoms with van der Waals surface area (Å²) < 4.78 is 18.7. The van der Waals surface area contributed by atoms with Gasteiger partial charge in [-0.1, -0.05) is 12.1 Å². The molecule has 106 valence electrons. The molecule has 5 heteroatoms. The number of nitrogens with one attached hydrogen (secondary N) is 1. The zero-order chi connectivity index (χ0) is 14.5. The fraction of sp³-hybridized carbons (Fsp3) is 0.333. The lowest BCUT2D eigenvalue weighted by atomic mass is 10.1. The van der Waals surface area contributed by atoms with Gasteiger partial charge in [-0.15, -0.1) is 0 Å². The topological polar surface area (TPSA) is 47.0 Å². The first-order valence-corrected chi connectivity index (χ1v) is 6.55. The predicted molar refractivity (Wildman–Crippen MR) is 76.2 cm³/mol. The average Bonchev–Trinajstić information content (AvgIpc) is 2.38. The highest BCUT2D eigenvalue weighted by molar-refractivity contribution is 5.40. The summed E-state index contributed by atoms with van der Waals surface area (Å²) in [5.41, 5.74) is 0.856. The van der Waals surface area contributed by atoms with Gasteiger partial charge in [0.15, 0.2) is 0 Å². The van der Waals surface area contributed by atoms with Crippen LogP contribution in [0.3, 0.4) is 0 Å². The molecule has 1 atom stereocenters. The van der Waals surface area contributed by atoms with E-state index in [9.17, 15) is 4.39 Å². The Morgan fingerprint density at radius 3 is 2.65 bits per heavy atom. The lowest BCUT2D eigenvalue weighted by molar-refractivity contribution is 0.232. The molecule has 0 fully saturated rings. The maximum Gasteiger partial charge on any atom is 0.218 e. The third kappa shape index (κ3) is 3.91. The summed E-state index contributed by atoms with van der Waals surface area (Å²) in [4.78, 5) is 8.18. The number of rotatable bonds is 5. The van der Waals surface area contributed by atoms with E-state index in [2.05, 4.69) is 15.3 Å². The second-order valence-electron chi connectivity index (χ2n) is 4.83. The average molecular weight is 275 g/mol. The quantitative estimate of drug-likeness (QED) is 0.906. The third-order valence-electron chi connectivity index (χ3n) is 2.71. The highest BCUT2D eigenvalue weighted by Crippen LogP contribution is 2.20. The van der Waals surface area contributed by atoms with Gasteiger partial charge in [-0.3, -0.25) is 0 Å². The van der Waals surface area contributed by atoms with E-state index in [1.807, 2.05) is 26.8 Å². The van der Waals surface area contributed by atoms with Crippen LogP contribution in [0.4, 0.5) is 10.2 Å². The second-order valence-corrected chi connectivity index (χ2v) is 4.83. The van der Waals surface area contributed by atoms with Gasteiger partial charge in [0.05, 0.1) is 12.1 Å². The fourth-order valence-corrected chi connectivity index (χ4v) is 1.81. The molecule has 0 aliphatic heterocycles. The molecule has 20 heavy (non-hydrogen) atoms. The van der Waals surface area contributed by atoms with Crippen LogP contribution in [0.2, 0.25) is 0 Å². The summed E-state index contributed by atoms with van der Waals surface area (Å²) in [7, 11) is 0. The van der Waals surface area contributed by atoms with Gasteiger partial charge in [0.2, 0.25) is 5.88 Å². The first-order valence-electron chi connectivity index (χ1n) is 6.55. The van der Waals surface area contributed by atoms with Crippen LogP contribution >= 0.6 is 0 Å². The van der Waals surface area contributed by atoms with E-state index in [1.54, 1.807) is 12.1 Å². The van der Waals surface area contributed by atoms with Crippen molar-refractivity contribution in [3.05, 3.63) is 48.0 Å². The number of nitrogens with zero attached hydrogens (tertiary/aromatic N) is 2. The Morgan fingerprint density at radius 1 is 1.15 bits per heavy atom. The van der Waals surface area contributed by atoms with Crippen molar-refractivity contribution in [1.29, 1.82) is 0 Å². The molecule has 0 bridgehead atoms. The largest absolute Gasteiger partial charge is 0.475 e. The van der Waals surface area contributed by atoms with E-state index in [1.165, 1.54) is 18.5 Å². The molecule has 0 saturated carbocycles. The summed E-state index contributed by atoms with van der Waals surface area (Å²) >= 11 is 0. The van der Waals surface area contributed by atoms with Gasteiger partial charge in [0.25, 0.3) is 0 Å². The monoisotopic (exact) mass is 275 g/mol. The molecule has 1 unspecified atom stereocenters. The van der Waals surface area contributed by atoms with Crippen molar-refractivity contribution in [2.24, 2.45) is 0 Å². The Kier molecular flexibility index (Phi) is 4.50. The Balaban J connectivity index is 2.09. The molecule has 0 radical (unpaired) electrons. The van der Waals surface area contributed by atoms with Gasteiger partial charge >= 0.3 is 0 Å². The van der Waals surface area contributed by atoms with Crippen LogP contribution in [-0.2, 0) is 0 Å². The van der Waals surface area contributed by atoms with Crippen LogP contribution in [0.15, 0.2) is 36.7 Å². The molecule has 0 aliphatic rings. The van der Waals surface area contributed by atoms with Crippen LogP contribution in [-0.4, -0.2) is 16.1 Å². The normalized spacial score (nSPS) is 12.2. The summed E-state index contributed by atoms with van der Waals surface area (Å²) in [6, 6.07) is 8.16. The molecule has 2 rings (SSSR count). The van der Waals surface area contributed by atoms with Gasteiger partial charge in [-0.25, -0.2) is 14.4 Å². The second kappa shape index (κ2) is 6.32. The van der Waals surface area contributed by atoms with Gasteiger partial charge < -0.3 is 10.1 Å². The molecule has 2 aromatic rings. The molecule has 1 N–H and O–H groups in total. The molecule has 0 spiro atoms. The number of benzene rings is 1. The van der Waals surface area contributed by atoms with Crippen LogP contribution in [0.1, 0.15) is 32.4 Å². The number of hydrogen-bond donors (Lipinski definition) is 1.